The molecule has 1 aromatic carbocycles. The molecule has 1 aliphatic rings. The van der Waals surface area contributed by atoms with Gasteiger partial charge < -0.3 is 15.5 Å². The van der Waals surface area contributed by atoms with Gasteiger partial charge in [-0.2, -0.15) is 0 Å². The molecule has 25 heavy (non-hydrogen) atoms. The quantitative estimate of drug-likeness (QED) is 0.777. The number of carbonyl (C=O) groups is 2. The van der Waals surface area contributed by atoms with Crippen LogP contribution in [0.4, 0.5) is 10.1 Å². The van der Waals surface area contributed by atoms with Gasteiger partial charge in [0.15, 0.2) is 0 Å². The van der Waals surface area contributed by atoms with Crippen LogP contribution in [0.1, 0.15) is 19.8 Å². The molecule has 5 nitrogen and oxygen atoms in total. The molecule has 1 aliphatic heterocycles. The number of benzene rings is 1. The molecule has 0 radical (unpaired) electrons. The van der Waals surface area contributed by atoms with Crippen molar-refractivity contribution in [2.45, 2.75) is 25.0 Å². The van der Waals surface area contributed by atoms with E-state index in [1.54, 1.807) is 0 Å². The Kier molecular flexibility index (Phi) is 7.71. The molecule has 1 heterocycles. The van der Waals surface area contributed by atoms with Crippen LogP contribution in [0.15, 0.2) is 24.3 Å². The van der Waals surface area contributed by atoms with Gasteiger partial charge in [-0.25, -0.2) is 4.39 Å². The Balaban J connectivity index is 1.72. The maximum Gasteiger partial charge on any atom is 0.235 e. The molecule has 0 bridgehead atoms. The fraction of sp³-hybridized carbons (Fsp3) is 0.556. The number of nitrogens with zero attached hydrogens (tertiary/aromatic N) is 1. The zero-order valence-electron chi connectivity index (χ0n) is 14.8. The first-order chi connectivity index (χ1) is 12.0. The summed E-state index contributed by atoms with van der Waals surface area (Å²) in [7, 11) is 1.95. The van der Waals surface area contributed by atoms with E-state index in [0.29, 0.717) is 11.6 Å². The number of rotatable bonds is 7. The fourth-order valence-corrected chi connectivity index (χ4v) is 3.67. The first-order valence-electron chi connectivity index (χ1n) is 8.60. The maximum absolute atomic E-state index is 12.8. The van der Waals surface area contributed by atoms with Gasteiger partial charge in [-0.3, -0.25) is 9.59 Å². The Morgan fingerprint density at radius 1 is 1.28 bits per heavy atom. The van der Waals surface area contributed by atoms with Gasteiger partial charge >= 0.3 is 0 Å². The predicted molar refractivity (Wildman–Crippen MR) is 100 cm³/mol. The summed E-state index contributed by atoms with van der Waals surface area (Å²) in [5.41, 5.74) is 0.553. The molecule has 0 saturated carbocycles. The topological polar surface area (TPSA) is 61.4 Å². The molecule has 1 saturated heterocycles. The summed E-state index contributed by atoms with van der Waals surface area (Å²) < 4.78 is 12.8. The second kappa shape index (κ2) is 9.77. The van der Waals surface area contributed by atoms with Crippen LogP contribution in [0.2, 0.25) is 0 Å². The Bertz CT molecular complexity index is 574. The van der Waals surface area contributed by atoms with Gasteiger partial charge in [0.05, 0.1) is 11.0 Å². The summed E-state index contributed by atoms with van der Waals surface area (Å²) >= 11 is 1.33. The normalized spacial score (nSPS) is 16.5. The average molecular weight is 367 g/mol. The number of halogens is 1. The molecule has 1 atom stereocenters. The van der Waals surface area contributed by atoms with E-state index in [-0.39, 0.29) is 28.6 Å². The monoisotopic (exact) mass is 367 g/mol. The number of anilines is 1. The first kappa shape index (κ1) is 19.7. The minimum atomic E-state index is -0.343. The van der Waals surface area contributed by atoms with Crippen molar-refractivity contribution in [1.82, 2.24) is 10.2 Å². The van der Waals surface area contributed by atoms with Crippen LogP contribution in [-0.2, 0) is 9.59 Å². The van der Waals surface area contributed by atoms with E-state index in [1.807, 2.05) is 18.9 Å². The van der Waals surface area contributed by atoms with E-state index in [9.17, 15) is 14.0 Å². The zero-order chi connectivity index (χ0) is 18.2. The van der Waals surface area contributed by atoms with Crippen molar-refractivity contribution in [1.29, 1.82) is 0 Å². The Labute approximate surface area is 152 Å². The van der Waals surface area contributed by atoms with Crippen LogP contribution in [0.5, 0.6) is 0 Å². The minimum absolute atomic E-state index is 0.0995. The van der Waals surface area contributed by atoms with Gasteiger partial charge in [0.1, 0.15) is 5.82 Å². The first-order valence-corrected chi connectivity index (χ1v) is 9.65. The van der Waals surface area contributed by atoms with Crippen molar-refractivity contribution in [2.75, 3.05) is 37.8 Å². The maximum atomic E-state index is 12.8. The largest absolute Gasteiger partial charge is 0.342 e. The lowest BCUT2D eigenvalue weighted by Crippen LogP contribution is -2.43. The highest BCUT2D eigenvalue weighted by Gasteiger charge is 2.26. The third-order valence-electron chi connectivity index (χ3n) is 4.36. The lowest BCUT2D eigenvalue weighted by molar-refractivity contribution is -0.131. The van der Waals surface area contributed by atoms with Crippen LogP contribution in [0.3, 0.4) is 0 Å². The van der Waals surface area contributed by atoms with E-state index in [1.165, 1.54) is 36.0 Å². The van der Waals surface area contributed by atoms with Gasteiger partial charge in [0.25, 0.3) is 0 Å². The number of amides is 2. The molecule has 2 amide bonds. The average Bonchev–Trinajstić information content (AvgIpc) is 2.62. The number of nitrogens with one attached hydrogen (secondary N) is 2. The van der Waals surface area contributed by atoms with E-state index in [4.69, 9.17) is 0 Å². The summed E-state index contributed by atoms with van der Waals surface area (Å²) in [5, 5.41) is 5.64. The van der Waals surface area contributed by atoms with Crippen molar-refractivity contribution in [3.05, 3.63) is 30.1 Å². The van der Waals surface area contributed by atoms with Crippen LogP contribution in [0, 0.1) is 11.7 Å². The van der Waals surface area contributed by atoms with Crippen LogP contribution >= 0.6 is 11.8 Å². The number of carbonyl (C=O) groups excluding carboxylic acids is 2. The van der Waals surface area contributed by atoms with Crippen LogP contribution in [-0.4, -0.2) is 54.4 Å². The molecule has 7 heteroatoms. The van der Waals surface area contributed by atoms with E-state index < -0.39 is 0 Å². The molecular formula is C18H26FN3O2S. The van der Waals surface area contributed by atoms with Crippen molar-refractivity contribution in [3.8, 4) is 0 Å². The SMILES string of the molecule is CNCC1CCN(C(=O)C(C)SCC(=O)Nc2ccc(F)cc2)CC1. The molecule has 1 unspecified atom stereocenters. The highest BCUT2D eigenvalue weighted by molar-refractivity contribution is 8.01. The summed E-state index contributed by atoms with van der Waals surface area (Å²) in [6.45, 7) is 4.42. The lowest BCUT2D eigenvalue weighted by Gasteiger charge is -2.33. The predicted octanol–water partition coefficient (Wildman–Crippen LogP) is 2.34. The molecule has 2 rings (SSSR count). The number of piperidine rings is 1. The third kappa shape index (κ3) is 6.32. The van der Waals surface area contributed by atoms with E-state index in [0.717, 1.165) is 32.5 Å². The van der Waals surface area contributed by atoms with Gasteiger partial charge in [-0.15, -0.1) is 11.8 Å². The molecule has 1 fully saturated rings. The Morgan fingerprint density at radius 3 is 2.52 bits per heavy atom. The van der Waals surface area contributed by atoms with Crippen molar-refractivity contribution in [3.63, 3.8) is 0 Å². The zero-order valence-corrected chi connectivity index (χ0v) is 15.6. The summed E-state index contributed by atoms with van der Waals surface area (Å²) in [6, 6.07) is 5.63. The molecule has 1 aromatic rings. The summed E-state index contributed by atoms with van der Waals surface area (Å²) in [6.07, 6.45) is 2.05. The highest BCUT2D eigenvalue weighted by atomic mass is 32.2. The fourth-order valence-electron chi connectivity index (χ4n) is 2.91. The second-order valence-corrected chi connectivity index (χ2v) is 7.66. The highest BCUT2D eigenvalue weighted by Crippen LogP contribution is 2.20. The molecule has 0 aliphatic carbocycles. The molecule has 2 N–H and O–H groups in total. The smallest absolute Gasteiger partial charge is 0.235 e. The molecule has 0 spiro atoms. The molecule has 138 valence electrons. The Hall–Kier alpha value is -1.60. The van der Waals surface area contributed by atoms with Gasteiger partial charge in [-0.1, -0.05) is 0 Å². The van der Waals surface area contributed by atoms with Crippen LogP contribution < -0.4 is 10.6 Å². The van der Waals surface area contributed by atoms with Gasteiger partial charge in [-0.05, 0) is 63.5 Å². The van der Waals surface area contributed by atoms with E-state index in [2.05, 4.69) is 10.6 Å². The Morgan fingerprint density at radius 2 is 1.92 bits per heavy atom. The lowest BCUT2D eigenvalue weighted by atomic mass is 9.97. The number of likely N-dealkylation sites (tertiary alicyclic amines) is 1. The number of thioether (sulfide) groups is 1. The minimum Gasteiger partial charge on any atom is -0.342 e. The van der Waals surface area contributed by atoms with Crippen LogP contribution in [0.25, 0.3) is 0 Å². The molecule has 0 aromatic heterocycles. The number of hydrogen-bond acceptors (Lipinski definition) is 4. The van der Waals surface area contributed by atoms with E-state index >= 15 is 0 Å². The second-order valence-electron chi connectivity index (χ2n) is 6.33. The number of hydrogen-bond donors (Lipinski definition) is 2. The van der Waals surface area contributed by atoms with Crippen molar-refractivity contribution >= 4 is 29.3 Å². The molecular weight excluding hydrogens is 341 g/mol. The third-order valence-corrected chi connectivity index (χ3v) is 5.49. The summed E-state index contributed by atoms with van der Waals surface area (Å²) in [4.78, 5) is 26.3. The van der Waals surface area contributed by atoms with Gasteiger partial charge in [0, 0.05) is 18.8 Å². The van der Waals surface area contributed by atoms with Crippen molar-refractivity contribution in [2.24, 2.45) is 5.92 Å². The van der Waals surface area contributed by atoms with Crippen molar-refractivity contribution < 1.29 is 14.0 Å². The summed E-state index contributed by atoms with van der Waals surface area (Å²) in [5.74, 6) is 0.399. The van der Waals surface area contributed by atoms with Gasteiger partial charge in [0.2, 0.25) is 11.8 Å². The standard InChI is InChI=1S/C18H26FN3O2S/c1-13(18(24)22-9-7-14(8-10-22)11-20-2)25-12-17(23)21-16-5-3-15(19)4-6-16/h3-6,13-14,20H,7-12H2,1-2H3,(H,21,23).